The predicted molar refractivity (Wildman–Crippen MR) is 63.6 cm³/mol. The summed E-state index contributed by atoms with van der Waals surface area (Å²) in [4.78, 5) is 6.72. The molecule has 0 saturated carbocycles. The van der Waals surface area contributed by atoms with Crippen molar-refractivity contribution in [1.82, 2.24) is 15.0 Å². The monoisotopic (exact) mass is 239 g/mol. The number of nitrogens with zero attached hydrogens (tertiary/aromatic N) is 3. The van der Waals surface area contributed by atoms with Gasteiger partial charge in [-0.1, -0.05) is 12.1 Å². The standard InChI is InChI=1S/C12H21N3O2/c1-4-5-11-13-12(17-14-11)7-15-6-10(3)16-8-9(15)2/h9-10H,4-8H2,1-3H3/t9-,10-/m0/s1. The average Bonchev–Trinajstić information content (AvgIpc) is 2.72. The Balaban J connectivity index is 1.94. The second-order valence-corrected chi connectivity index (χ2v) is 4.78. The Hall–Kier alpha value is -0.940. The average molecular weight is 239 g/mol. The van der Waals surface area contributed by atoms with Crippen LogP contribution in [0.4, 0.5) is 0 Å². The van der Waals surface area contributed by atoms with Crippen LogP contribution >= 0.6 is 0 Å². The van der Waals surface area contributed by atoms with Crippen molar-refractivity contribution < 1.29 is 9.26 Å². The van der Waals surface area contributed by atoms with Gasteiger partial charge in [0.25, 0.3) is 0 Å². The summed E-state index contributed by atoms with van der Waals surface area (Å²) < 4.78 is 10.9. The Morgan fingerprint density at radius 3 is 3.00 bits per heavy atom. The van der Waals surface area contributed by atoms with Gasteiger partial charge in [0, 0.05) is 19.0 Å². The molecular formula is C12H21N3O2. The lowest BCUT2D eigenvalue weighted by Crippen LogP contribution is -2.46. The highest BCUT2D eigenvalue weighted by atomic mass is 16.5. The summed E-state index contributed by atoms with van der Waals surface area (Å²) in [6.45, 7) is 8.79. The fourth-order valence-electron chi connectivity index (χ4n) is 2.05. The summed E-state index contributed by atoms with van der Waals surface area (Å²) >= 11 is 0. The third kappa shape index (κ3) is 3.26. The van der Waals surface area contributed by atoms with E-state index in [1.807, 2.05) is 0 Å². The van der Waals surface area contributed by atoms with Crippen molar-refractivity contribution in [2.45, 2.75) is 52.3 Å². The number of hydrogen-bond donors (Lipinski definition) is 0. The lowest BCUT2D eigenvalue weighted by molar-refractivity contribution is -0.0555. The van der Waals surface area contributed by atoms with Gasteiger partial charge >= 0.3 is 0 Å². The van der Waals surface area contributed by atoms with Crippen LogP contribution < -0.4 is 0 Å². The van der Waals surface area contributed by atoms with E-state index < -0.39 is 0 Å². The molecule has 0 amide bonds. The molecule has 1 saturated heterocycles. The third-order valence-corrected chi connectivity index (χ3v) is 3.06. The zero-order valence-corrected chi connectivity index (χ0v) is 10.8. The topological polar surface area (TPSA) is 51.4 Å². The second kappa shape index (κ2) is 5.60. The Morgan fingerprint density at radius 1 is 1.41 bits per heavy atom. The smallest absolute Gasteiger partial charge is 0.240 e. The first-order valence-electron chi connectivity index (χ1n) is 6.36. The molecule has 17 heavy (non-hydrogen) atoms. The fourth-order valence-corrected chi connectivity index (χ4v) is 2.05. The molecule has 0 radical (unpaired) electrons. The number of aryl methyl sites for hydroxylation is 1. The molecule has 5 heteroatoms. The molecule has 0 spiro atoms. The van der Waals surface area contributed by atoms with E-state index in [9.17, 15) is 0 Å². The van der Waals surface area contributed by atoms with E-state index in [2.05, 4.69) is 35.8 Å². The van der Waals surface area contributed by atoms with Crippen LogP contribution in [-0.4, -0.2) is 40.3 Å². The molecule has 1 aromatic rings. The zero-order valence-electron chi connectivity index (χ0n) is 10.8. The fraction of sp³-hybridized carbons (Fsp3) is 0.833. The molecule has 2 rings (SSSR count). The minimum atomic E-state index is 0.282. The highest BCUT2D eigenvalue weighted by molar-refractivity contribution is 4.88. The van der Waals surface area contributed by atoms with Crippen LogP contribution in [0, 0.1) is 0 Å². The molecule has 0 aromatic carbocycles. The molecule has 2 atom stereocenters. The van der Waals surface area contributed by atoms with Crippen molar-refractivity contribution in [2.24, 2.45) is 0 Å². The summed E-state index contributed by atoms with van der Waals surface area (Å²) in [5.41, 5.74) is 0. The minimum Gasteiger partial charge on any atom is -0.376 e. The van der Waals surface area contributed by atoms with Gasteiger partial charge in [0.05, 0.1) is 19.3 Å². The molecule has 0 aliphatic carbocycles. The molecule has 0 bridgehead atoms. The first-order chi connectivity index (χ1) is 8.19. The molecule has 0 N–H and O–H groups in total. The van der Waals surface area contributed by atoms with Crippen molar-refractivity contribution >= 4 is 0 Å². The summed E-state index contributed by atoms with van der Waals surface area (Å²) in [6, 6.07) is 0.410. The van der Waals surface area contributed by atoms with Crippen LogP contribution in [0.15, 0.2) is 4.52 Å². The van der Waals surface area contributed by atoms with Gasteiger partial charge in [0.15, 0.2) is 5.82 Å². The van der Waals surface area contributed by atoms with Crippen molar-refractivity contribution in [3.05, 3.63) is 11.7 Å². The Labute approximate surface area is 102 Å². The summed E-state index contributed by atoms with van der Waals surface area (Å²) in [7, 11) is 0. The molecule has 0 unspecified atom stereocenters. The van der Waals surface area contributed by atoms with E-state index in [1.54, 1.807) is 0 Å². The van der Waals surface area contributed by atoms with E-state index in [0.29, 0.717) is 6.04 Å². The number of aromatic nitrogens is 2. The van der Waals surface area contributed by atoms with Gasteiger partial charge in [-0.25, -0.2) is 0 Å². The van der Waals surface area contributed by atoms with Gasteiger partial charge in [0.1, 0.15) is 0 Å². The highest BCUT2D eigenvalue weighted by Crippen LogP contribution is 2.14. The Kier molecular flexibility index (Phi) is 4.12. The summed E-state index contributed by atoms with van der Waals surface area (Å²) in [5, 5.41) is 3.97. The molecule has 96 valence electrons. The van der Waals surface area contributed by atoms with E-state index >= 15 is 0 Å². The first-order valence-corrected chi connectivity index (χ1v) is 6.36. The number of hydrogen-bond acceptors (Lipinski definition) is 5. The highest BCUT2D eigenvalue weighted by Gasteiger charge is 2.24. The molecule has 1 aromatic heterocycles. The van der Waals surface area contributed by atoms with Crippen LogP contribution in [0.5, 0.6) is 0 Å². The number of morpholine rings is 1. The van der Waals surface area contributed by atoms with E-state index in [-0.39, 0.29) is 6.10 Å². The zero-order chi connectivity index (χ0) is 12.3. The van der Waals surface area contributed by atoms with Crippen molar-refractivity contribution in [2.75, 3.05) is 13.2 Å². The van der Waals surface area contributed by atoms with Crippen molar-refractivity contribution in [1.29, 1.82) is 0 Å². The van der Waals surface area contributed by atoms with Gasteiger partial charge in [-0.2, -0.15) is 4.98 Å². The summed E-state index contributed by atoms with van der Waals surface area (Å²) in [6.07, 6.45) is 2.21. The van der Waals surface area contributed by atoms with Gasteiger partial charge in [-0.05, 0) is 20.3 Å². The predicted octanol–water partition coefficient (Wildman–Crippen LogP) is 1.63. The quantitative estimate of drug-likeness (QED) is 0.799. The van der Waals surface area contributed by atoms with Gasteiger partial charge in [-0.15, -0.1) is 0 Å². The van der Waals surface area contributed by atoms with Crippen LogP contribution in [0.3, 0.4) is 0 Å². The molecule has 1 aliphatic rings. The lowest BCUT2D eigenvalue weighted by Gasteiger charge is -2.35. The molecule has 5 nitrogen and oxygen atoms in total. The number of ether oxygens (including phenoxy) is 1. The van der Waals surface area contributed by atoms with Gasteiger partial charge < -0.3 is 9.26 Å². The van der Waals surface area contributed by atoms with Crippen LogP contribution in [-0.2, 0) is 17.7 Å². The van der Waals surface area contributed by atoms with Crippen LogP contribution in [0.2, 0.25) is 0 Å². The Morgan fingerprint density at radius 2 is 2.24 bits per heavy atom. The largest absolute Gasteiger partial charge is 0.376 e. The maximum atomic E-state index is 5.59. The van der Waals surface area contributed by atoms with Crippen molar-refractivity contribution in [3.8, 4) is 0 Å². The van der Waals surface area contributed by atoms with Crippen LogP contribution in [0.1, 0.15) is 38.9 Å². The molecule has 1 aliphatic heterocycles. The lowest BCUT2D eigenvalue weighted by atomic mass is 10.2. The van der Waals surface area contributed by atoms with Crippen LogP contribution in [0.25, 0.3) is 0 Å². The van der Waals surface area contributed by atoms with E-state index in [0.717, 1.165) is 44.3 Å². The molecule has 2 heterocycles. The minimum absolute atomic E-state index is 0.282. The van der Waals surface area contributed by atoms with E-state index in [1.165, 1.54) is 0 Å². The molecular weight excluding hydrogens is 218 g/mol. The SMILES string of the molecule is CCCc1noc(CN2C[C@H](C)OC[C@@H]2C)n1. The molecule has 1 fully saturated rings. The second-order valence-electron chi connectivity index (χ2n) is 4.78. The normalized spacial score (nSPS) is 26.3. The third-order valence-electron chi connectivity index (χ3n) is 3.06. The first kappa shape index (κ1) is 12.5. The van der Waals surface area contributed by atoms with Crippen molar-refractivity contribution in [3.63, 3.8) is 0 Å². The van der Waals surface area contributed by atoms with E-state index in [4.69, 9.17) is 9.26 Å². The summed E-state index contributed by atoms with van der Waals surface area (Å²) in [5.74, 6) is 1.53. The van der Waals surface area contributed by atoms with Gasteiger partial charge in [0.2, 0.25) is 5.89 Å². The Bertz CT molecular complexity index is 353. The van der Waals surface area contributed by atoms with Gasteiger partial charge in [-0.3, -0.25) is 4.90 Å². The maximum Gasteiger partial charge on any atom is 0.240 e. The number of rotatable bonds is 4. The maximum absolute atomic E-state index is 5.59.